The lowest BCUT2D eigenvalue weighted by Crippen LogP contribution is -2.61. The fourth-order valence-electron chi connectivity index (χ4n) is 5.07. The van der Waals surface area contributed by atoms with Crippen LogP contribution < -0.4 is 5.73 Å². The van der Waals surface area contributed by atoms with Gasteiger partial charge in [-0.05, 0) is 42.9 Å². The third kappa shape index (κ3) is 2.66. The molecule has 0 spiro atoms. The lowest BCUT2D eigenvalue weighted by molar-refractivity contribution is -0.185. The van der Waals surface area contributed by atoms with Gasteiger partial charge in [0, 0.05) is 12.0 Å². The van der Waals surface area contributed by atoms with Gasteiger partial charge in [0.2, 0.25) is 0 Å². The van der Waals surface area contributed by atoms with Crippen LogP contribution in [0.25, 0.3) is 0 Å². The third-order valence-electron chi connectivity index (χ3n) is 6.46. The van der Waals surface area contributed by atoms with Gasteiger partial charge in [0.25, 0.3) is 0 Å². The molecular formula is C18H35NO. The van der Waals surface area contributed by atoms with Gasteiger partial charge >= 0.3 is 0 Å². The van der Waals surface area contributed by atoms with Gasteiger partial charge in [-0.3, -0.25) is 0 Å². The van der Waals surface area contributed by atoms with E-state index < -0.39 is 5.60 Å². The summed E-state index contributed by atoms with van der Waals surface area (Å²) in [6, 6.07) is 0. The van der Waals surface area contributed by atoms with Crippen molar-refractivity contribution in [3.8, 4) is 0 Å². The van der Waals surface area contributed by atoms with Gasteiger partial charge < -0.3 is 10.8 Å². The predicted octanol–water partition coefficient (Wildman–Crippen LogP) is 4.11. The molecule has 2 unspecified atom stereocenters. The summed E-state index contributed by atoms with van der Waals surface area (Å²) in [5, 5.41) is 11.7. The smallest absolute Gasteiger partial charge is 0.0748 e. The van der Waals surface area contributed by atoms with Crippen molar-refractivity contribution in [2.24, 2.45) is 28.4 Å². The summed E-state index contributed by atoms with van der Waals surface area (Å²) < 4.78 is 0. The molecule has 2 heteroatoms. The van der Waals surface area contributed by atoms with Crippen LogP contribution in [0, 0.1) is 22.7 Å². The zero-order valence-corrected chi connectivity index (χ0v) is 14.0. The number of hydrogen-bond donors (Lipinski definition) is 2. The van der Waals surface area contributed by atoms with Crippen LogP contribution in [0.1, 0.15) is 79.1 Å². The Kier molecular flexibility index (Phi) is 4.57. The van der Waals surface area contributed by atoms with Gasteiger partial charge in [-0.1, -0.05) is 53.4 Å². The first-order chi connectivity index (χ1) is 9.25. The highest BCUT2D eigenvalue weighted by Crippen LogP contribution is 2.57. The molecule has 118 valence electrons. The Morgan fingerprint density at radius 2 is 1.65 bits per heavy atom. The molecular weight excluding hydrogens is 246 g/mol. The zero-order chi connectivity index (χ0) is 15.0. The SMILES string of the molecule is CC1CCC(CN)(C2(O)CCCCC2C(C)(C)C)CC1. The maximum atomic E-state index is 11.7. The molecule has 2 atom stereocenters. The highest BCUT2D eigenvalue weighted by atomic mass is 16.3. The molecule has 0 bridgehead atoms. The second kappa shape index (κ2) is 5.61. The van der Waals surface area contributed by atoms with Crippen LogP contribution in [0.2, 0.25) is 0 Å². The highest BCUT2D eigenvalue weighted by molar-refractivity contribution is 5.08. The van der Waals surface area contributed by atoms with Gasteiger partial charge in [-0.25, -0.2) is 0 Å². The standard InChI is InChI=1S/C18H35NO/c1-14-8-11-17(13-19,12-9-14)18(20)10-6-5-7-15(18)16(2,3)4/h14-15,20H,5-13,19H2,1-4H3. The minimum Gasteiger partial charge on any atom is -0.389 e. The summed E-state index contributed by atoms with van der Waals surface area (Å²) in [4.78, 5) is 0. The van der Waals surface area contributed by atoms with E-state index in [-0.39, 0.29) is 10.8 Å². The summed E-state index contributed by atoms with van der Waals surface area (Å²) >= 11 is 0. The van der Waals surface area contributed by atoms with Crippen LogP contribution in [0.3, 0.4) is 0 Å². The van der Waals surface area contributed by atoms with Crippen molar-refractivity contribution in [1.29, 1.82) is 0 Å². The molecule has 2 rings (SSSR count). The number of hydrogen-bond acceptors (Lipinski definition) is 2. The fourth-order valence-corrected chi connectivity index (χ4v) is 5.07. The quantitative estimate of drug-likeness (QED) is 0.800. The predicted molar refractivity (Wildman–Crippen MR) is 85.5 cm³/mol. The van der Waals surface area contributed by atoms with Crippen molar-refractivity contribution in [1.82, 2.24) is 0 Å². The molecule has 0 amide bonds. The topological polar surface area (TPSA) is 46.2 Å². The van der Waals surface area contributed by atoms with Crippen molar-refractivity contribution in [3.63, 3.8) is 0 Å². The lowest BCUT2D eigenvalue weighted by atomic mass is 9.50. The van der Waals surface area contributed by atoms with E-state index in [0.717, 1.165) is 31.6 Å². The van der Waals surface area contributed by atoms with E-state index in [1.54, 1.807) is 0 Å². The van der Waals surface area contributed by atoms with Gasteiger partial charge in [0.15, 0.2) is 0 Å². The first-order valence-corrected chi connectivity index (χ1v) is 8.68. The highest BCUT2D eigenvalue weighted by Gasteiger charge is 2.57. The van der Waals surface area contributed by atoms with Crippen LogP contribution in [0.5, 0.6) is 0 Å². The summed E-state index contributed by atoms with van der Waals surface area (Å²) in [7, 11) is 0. The molecule has 20 heavy (non-hydrogen) atoms. The van der Waals surface area contributed by atoms with Crippen LogP contribution in [-0.4, -0.2) is 17.3 Å². The van der Waals surface area contributed by atoms with Gasteiger partial charge in [-0.15, -0.1) is 0 Å². The number of aliphatic hydroxyl groups is 1. The maximum absolute atomic E-state index is 11.7. The molecule has 0 aromatic rings. The Hall–Kier alpha value is -0.0800. The molecule has 0 radical (unpaired) electrons. The van der Waals surface area contributed by atoms with Crippen molar-refractivity contribution in [2.45, 2.75) is 84.7 Å². The molecule has 2 fully saturated rings. The van der Waals surface area contributed by atoms with E-state index in [1.165, 1.54) is 25.7 Å². The lowest BCUT2D eigenvalue weighted by Gasteiger charge is -2.58. The molecule has 0 saturated heterocycles. The van der Waals surface area contributed by atoms with Crippen molar-refractivity contribution >= 4 is 0 Å². The first kappa shape index (κ1) is 16.3. The Morgan fingerprint density at radius 3 is 2.15 bits per heavy atom. The van der Waals surface area contributed by atoms with Crippen molar-refractivity contribution in [2.75, 3.05) is 6.54 Å². The van der Waals surface area contributed by atoms with Crippen LogP contribution in [-0.2, 0) is 0 Å². The van der Waals surface area contributed by atoms with E-state index in [2.05, 4.69) is 27.7 Å². The van der Waals surface area contributed by atoms with E-state index in [9.17, 15) is 5.11 Å². The molecule has 2 aliphatic rings. The average molecular weight is 281 g/mol. The first-order valence-electron chi connectivity index (χ1n) is 8.68. The molecule has 2 aliphatic carbocycles. The second-order valence-electron chi connectivity index (χ2n) is 8.76. The zero-order valence-electron chi connectivity index (χ0n) is 14.0. The molecule has 0 aliphatic heterocycles. The number of nitrogens with two attached hydrogens (primary N) is 1. The summed E-state index contributed by atoms with van der Waals surface area (Å²) in [5.74, 6) is 1.19. The summed E-state index contributed by atoms with van der Waals surface area (Å²) in [5.41, 5.74) is 5.84. The Labute approximate surface area is 125 Å². The average Bonchev–Trinajstić information content (AvgIpc) is 2.39. The Balaban J connectivity index is 2.33. The van der Waals surface area contributed by atoms with E-state index >= 15 is 0 Å². The molecule has 0 aromatic carbocycles. The van der Waals surface area contributed by atoms with Crippen LogP contribution in [0.4, 0.5) is 0 Å². The van der Waals surface area contributed by atoms with Crippen molar-refractivity contribution < 1.29 is 5.11 Å². The second-order valence-corrected chi connectivity index (χ2v) is 8.76. The van der Waals surface area contributed by atoms with E-state index in [0.29, 0.717) is 12.5 Å². The molecule has 2 saturated carbocycles. The maximum Gasteiger partial charge on any atom is 0.0748 e. The van der Waals surface area contributed by atoms with E-state index in [1.807, 2.05) is 0 Å². The summed E-state index contributed by atoms with van der Waals surface area (Å²) in [6.45, 7) is 9.88. The fraction of sp³-hybridized carbons (Fsp3) is 1.00. The van der Waals surface area contributed by atoms with E-state index in [4.69, 9.17) is 5.73 Å². The third-order valence-corrected chi connectivity index (χ3v) is 6.46. The van der Waals surface area contributed by atoms with Crippen LogP contribution >= 0.6 is 0 Å². The minimum absolute atomic E-state index is 0.0299. The van der Waals surface area contributed by atoms with Gasteiger partial charge in [0.05, 0.1) is 5.60 Å². The van der Waals surface area contributed by atoms with Crippen molar-refractivity contribution in [3.05, 3.63) is 0 Å². The van der Waals surface area contributed by atoms with Gasteiger partial charge in [0.1, 0.15) is 0 Å². The van der Waals surface area contributed by atoms with Gasteiger partial charge in [-0.2, -0.15) is 0 Å². The number of rotatable bonds is 2. The molecule has 0 heterocycles. The largest absolute Gasteiger partial charge is 0.389 e. The summed E-state index contributed by atoms with van der Waals surface area (Å²) in [6.07, 6.45) is 9.26. The Morgan fingerprint density at radius 1 is 1.05 bits per heavy atom. The monoisotopic (exact) mass is 281 g/mol. The Bertz CT molecular complexity index is 325. The molecule has 2 nitrogen and oxygen atoms in total. The molecule has 0 aromatic heterocycles. The normalized spacial score (nSPS) is 43.5. The minimum atomic E-state index is -0.543. The molecule has 3 N–H and O–H groups in total. The van der Waals surface area contributed by atoms with Crippen LogP contribution in [0.15, 0.2) is 0 Å².